The molecule has 1 aliphatic rings. The van der Waals surface area contributed by atoms with E-state index < -0.39 is 16.6 Å². The van der Waals surface area contributed by atoms with Crippen molar-refractivity contribution in [3.63, 3.8) is 0 Å². The molecule has 1 atom stereocenters. The van der Waals surface area contributed by atoms with E-state index in [9.17, 15) is 14.9 Å². The highest BCUT2D eigenvalue weighted by molar-refractivity contribution is 5.97. The van der Waals surface area contributed by atoms with Crippen LogP contribution in [0.4, 0.5) is 11.4 Å². The van der Waals surface area contributed by atoms with E-state index in [1.54, 1.807) is 0 Å². The van der Waals surface area contributed by atoms with Gasteiger partial charge in [0.1, 0.15) is 11.3 Å². The highest BCUT2D eigenvalue weighted by Gasteiger charge is 2.26. The van der Waals surface area contributed by atoms with Crippen molar-refractivity contribution in [2.45, 2.75) is 84.5 Å². The minimum atomic E-state index is -0.951. The summed E-state index contributed by atoms with van der Waals surface area (Å²) in [6.45, 7) is 6.63. The first-order valence-corrected chi connectivity index (χ1v) is 15.1. The Morgan fingerprint density at radius 3 is 2.43 bits per heavy atom. The standard InChI is InChI=1S/C33H42N4O5/c1-4-6-7-8-23-9-11-24(12-10-23)25-13-15-26(16-14-25)29-19-36-32(20-35-29)42-33(38)27-17-28(34)31(18-30(27)37(39)40)41-21-22(3)5-2/h13-20,22-24H,4-12,21,34H2,1-3H3. The summed E-state index contributed by atoms with van der Waals surface area (Å²) in [5.41, 5.74) is 8.32. The molecule has 0 spiro atoms. The number of benzene rings is 2. The molecule has 9 nitrogen and oxygen atoms in total. The van der Waals surface area contributed by atoms with Crippen molar-refractivity contribution >= 4 is 17.3 Å². The third-order valence-electron chi connectivity index (χ3n) is 8.33. The molecule has 0 radical (unpaired) electrons. The number of hydrogen-bond acceptors (Lipinski definition) is 8. The minimum Gasteiger partial charge on any atom is -0.491 e. The molecule has 3 aromatic rings. The Balaban J connectivity index is 1.37. The SMILES string of the molecule is CCCCCC1CCC(c2ccc(-c3cnc(OC(=O)c4cc(N)c(OCC(C)CC)cc4[N+](=O)[O-])cn3)cc2)CC1. The van der Waals surface area contributed by atoms with Crippen LogP contribution in [0.5, 0.6) is 11.6 Å². The highest BCUT2D eigenvalue weighted by Crippen LogP contribution is 2.38. The van der Waals surface area contributed by atoms with E-state index in [4.69, 9.17) is 15.2 Å². The quantitative estimate of drug-likeness (QED) is 0.0711. The smallest absolute Gasteiger partial charge is 0.352 e. The Kier molecular flexibility index (Phi) is 10.9. The molecule has 1 fully saturated rings. The van der Waals surface area contributed by atoms with Crippen molar-refractivity contribution in [2.24, 2.45) is 11.8 Å². The Bertz CT molecular complexity index is 1340. The number of nitro benzene ring substituents is 1. The Labute approximate surface area is 248 Å². The monoisotopic (exact) mass is 574 g/mol. The molecule has 2 N–H and O–H groups in total. The van der Waals surface area contributed by atoms with Crippen LogP contribution in [0.3, 0.4) is 0 Å². The lowest BCUT2D eigenvalue weighted by atomic mass is 9.77. The van der Waals surface area contributed by atoms with E-state index in [1.165, 1.54) is 75.4 Å². The predicted molar refractivity (Wildman–Crippen MR) is 164 cm³/mol. The summed E-state index contributed by atoms with van der Waals surface area (Å²) >= 11 is 0. The van der Waals surface area contributed by atoms with Gasteiger partial charge >= 0.3 is 5.97 Å². The molecule has 9 heteroatoms. The maximum absolute atomic E-state index is 12.9. The van der Waals surface area contributed by atoms with Gasteiger partial charge in [-0.3, -0.25) is 10.1 Å². The average molecular weight is 575 g/mol. The van der Waals surface area contributed by atoms with E-state index in [2.05, 4.69) is 41.2 Å². The molecule has 1 aliphatic carbocycles. The fourth-order valence-electron chi connectivity index (χ4n) is 5.44. The second-order valence-corrected chi connectivity index (χ2v) is 11.5. The van der Waals surface area contributed by atoms with Crippen LogP contribution in [0, 0.1) is 22.0 Å². The van der Waals surface area contributed by atoms with Gasteiger partial charge in [-0.25, -0.2) is 14.8 Å². The topological polar surface area (TPSA) is 130 Å². The van der Waals surface area contributed by atoms with E-state index >= 15 is 0 Å². The Morgan fingerprint density at radius 1 is 1.07 bits per heavy atom. The number of aromatic nitrogens is 2. The highest BCUT2D eigenvalue weighted by atomic mass is 16.6. The van der Waals surface area contributed by atoms with Gasteiger partial charge < -0.3 is 15.2 Å². The summed E-state index contributed by atoms with van der Waals surface area (Å²) in [6.07, 6.45) is 14.2. The van der Waals surface area contributed by atoms with Crippen LogP contribution in [0.1, 0.15) is 100 Å². The molecular weight excluding hydrogens is 532 g/mol. The number of hydrogen-bond donors (Lipinski definition) is 1. The van der Waals surface area contributed by atoms with Crippen LogP contribution >= 0.6 is 0 Å². The van der Waals surface area contributed by atoms with Crippen LogP contribution in [-0.4, -0.2) is 27.5 Å². The van der Waals surface area contributed by atoms with Crippen molar-refractivity contribution in [2.75, 3.05) is 12.3 Å². The second kappa shape index (κ2) is 14.8. The Morgan fingerprint density at radius 2 is 1.81 bits per heavy atom. The van der Waals surface area contributed by atoms with Crippen LogP contribution in [-0.2, 0) is 0 Å². The molecule has 0 saturated heterocycles. The molecule has 1 aromatic heterocycles. The van der Waals surface area contributed by atoms with Gasteiger partial charge in [0.05, 0.1) is 41.4 Å². The summed E-state index contributed by atoms with van der Waals surface area (Å²) in [7, 11) is 0. The fourth-order valence-corrected chi connectivity index (χ4v) is 5.44. The molecule has 0 aliphatic heterocycles. The number of ether oxygens (including phenoxy) is 2. The van der Waals surface area contributed by atoms with E-state index in [0.717, 1.165) is 24.0 Å². The molecule has 2 aromatic carbocycles. The lowest BCUT2D eigenvalue weighted by molar-refractivity contribution is -0.385. The van der Waals surface area contributed by atoms with Gasteiger partial charge in [-0.15, -0.1) is 0 Å². The van der Waals surface area contributed by atoms with E-state index in [-0.39, 0.29) is 28.8 Å². The molecule has 4 rings (SSSR count). The van der Waals surface area contributed by atoms with Crippen LogP contribution in [0.15, 0.2) is 48.8 Å². The third kappa shape index (κ3) is 8.05. The van der Waals surface area contributed by atoms with Gasteiger partial charge in [0, 0.05) is 5.56 Å². The summed E-state index contributed by atoms with van der Waals surface area (Å²) in [6, 6.07) is 10.8. The maximum atomic E-state index is 12.9. The van der Waals surface area contributed by atoms with Gasteiger partial charge in [0.2, 0.25) is 5.88 Å². The Hall–Kier alpha value is -4.01. The van der Waals surface area contributed by atoms with Crippen molar-refractivity contribution in [1.82, 2.24) is 9.97 Å². The number of carbonyl (C=O) groups is 1. The van der Waals surface area contributed by atoms with Crippen molar-refractivity contribution < 1.29 is 19.2 Å². The molecule has 1 heterocycles. The van der Waals surface area contributed by atoms with Gasteiger partial charge in [-0.2, -0.15) is 0 Å². The van der Waals surface area contributed by atoms with Crippen molar-refractivity contribution in [1.29, 1.82) is 0 Å². The summed E-state index contributed by atoms with van der Waals surface area (Å²) in [5.74, 6) is 0.870. The first-order valence-electron chi connectivity index (χ1n) is 15.1. The van der Waals surface area contributed by atoms with Gasteiger partial charge in [0.15, 0.2) is 0 Å². The summed E-state index contributed by atoms with van der Waals surface area (Å²) in [4.78, 5) is 32.5. The molecular formula is C33H42N4O5. The fraction of sp³-hybridized carbons (Fsp3) is 0.485. The molecule has 224 valence electrons. The zero-order chi connectivity index (χ0) is 30.1. The molecule has 1 saturated carbocycles. The zero-order valence-corrected chi connectivity index (χ0v) is 24.9. The molecule has 0 bridgehead atoms. The van der Waals surface area contributed by atoms with Crippen molar-refractivity contribution in [3.8, 4) is 22.9 Å². The number of esters is 1. The first kappa shape index (κ1) is 30.9. The molecule has 1 unspecified atom stereocenters. The zero-order valence-electron chi connectivity index (χ0n) is 24.9. The number of unbranched alkanes of at least 4 members (excludes halogenated alkanes) is 2. The van der Waals surface area contributed by atoms with Crippen molar-refractivity contribution in [3.05, 3.63) is 70.0 Å². The van der Waals surface area contributed by atoms with Gasteiger partial charge in [-0.1, -0.05) is 77.1 Å². The molecule has 42 heavy (non-hydrogen) atoms. The average Bonchev–Trinajstić information content (AvgIpc) is 3.01. The largest absolute Gasteiger partial charge is 0.491 e. The molecule has 0 amide bonds. The van der Waals surface area contributed by atoms with Gasteiger partial charge in [0.25, 0.3) is 5.69 Å². The van der Waals surface area contributed by atoms with E-state index in [1.807, 2.05) is 13.8 Å². The van der Waals surface area contributed by atoms with Crippen LogP contribution < -0.4 is 15.2 Å². The second-order valence-electron chi connectivity index (χ2n) is 11.5. The summed E-state index contributed by atoms with van der Waals surface area (Å²) < 4.78 is 11.0. The van der Waals surface area contributed by atoms with Crippen LogP contribution in [0.25, 0.3) is 11.3 Å². The normalized spacial score (nSPS) is 17.4. The lowest BCUT2D eigenvalue weighted by Gasteiger charge is -2.29. The summed E-state index contributed by atoms with van der Waals surface area (Å²) in [5, 5.41) is 11.7. The minimum absolute atomic E-state index is 0.0685. The van der Waals surface area contributed by atoms with E-state index in [0.29, 0.717) is 18.2 Å². The van der Waals surface area contributed by atoms with Gasteiger partial charge in [-0.05, 0) is 55.1 Å². The number of nitrogens with two attached hydrogens (primary N) is 1. The third-order valence-corrected chi connectivity index (χ3v) is 8.33. The van der Waals surface area contributed by atoms with Crippen LogP contribution in [0.2, 0.25) is 0 Å². The predicted octanol–water partition coefficient (Wildman–Crippen LogP) is 8.13. The number of nitro groups is 1. The number of rotatable bonds is 13. The number of nitrogens with zero attached hydrogens (tertiary/aromatic N) is 3. The first-order chi connectivity index (χ1) is 20.3. The number of nitrogen functional groups attached to an aromatic ring is 1. The number of anilines is 1. The maximum Gasteiger partial charge on any atom is 0.352 e. The number of carbonyl (C=O) groups excluding carboxylic acids is 1. The lowest BCUT2D eigenvalue weighted by Crippen LogP contribution is -2.14.